The summed E-state index contributed by atoms with van der Waals surface area (Å²) in [6.07, 6.45) is 0.207. The number of carbonyl (C=O) groups excluding carboxylic acids is 4. The number of ether oxygens (including phenoxy) is 1. The molecule has 1 aromatic heterocycles. The van der Waals surface area contributed by atoms with Gasteiger partial charge in [0.2, 0.25) is 11.1 Å². The van der Waals surface area contributed by atoms with E-state index in [0.29, 0.717) is 17.2 Å². The number of nitrogens with one attached hydrogen (secondary N) is 2. The maximum Gasteiger partial charge on any atom is 0.352 e. The van der Waals surface area contributed by atoms with Crippen molar-refractivity contribution < 1.29 is 38.9 Å². The zero-order chi connectivity index (χ0) is 30.1. The first kappa shape index (κ1) is 30.5. The zero-order valence-corrected chi connectivity index (χ0v) is 24.5. The highest BCUT2D eigenvalue weighted by atomic mass is 32.2. The van der Waals surface area contributed by atoms with Gasteiger partial charge in [0.25, 0.3) is 17.5 Å². The van der Waals surface area contributed by atoms with Crippen molar-refractivity contribution in [3.05, 3.63) is 22.6 Å². The number of aromatic nitrogens is 4. The van der Waals surface area contributed by atoms with Crippen molar-refractivity contribution in [2.45, 2.75) is 61.8 Å². The molecule has 0 saturated carbocycles. The van der Waals surface area contributed by atoms with Crippen LogP contribution >= 0.6 is 23.5 Å². The number of carboxylic acid groups (broad SMARTS) is 1. The molecule has 0 unspecified atom stereocenters. The molecule has 4 rings (SSSR count). The molecule has 15 nitrogen and oxygen atoms in total. The molecule has 17 heteroatoms. The van der Waals surface area contributed by atoms with Crippen LogP contribution < -0.4 is 10.6 Å². The van der Waals surface area contributed by atoms with Crippen LogP contribution in [0.1, 0.15) is 39.5 Å². The third-order valence-electron chi connectivity index (χ3n) is 6.83. The number of aliphatic hydroxyl groups is 1. The molecule has 4 heterocycles. The summed E-state index contributed by atoms with van der Waals surface area (Å²) in [7, 11) is 2.90. The van der Waals surface area contributed by atoms with Gasteiger partial charge in [-0.05, 0) is 34.8 Å². The van der Waals surface area contributed by atoms with Gasteiger partial charge < -0.3 is 25.6 Å². The number of fused-ring (bicyclic) bond motifs is 1. The number of amides is 3. The van der Waals surface area contributed by atoms with E-state index in [0.717, 1.165) is 4.90 Å². The van der Waals surface area contributed by atoms with E-state index >= 15 is 0 Å². The largest absolute Gasteiger partial charge is 0.509 e. The van der Waals surface area contributed by atoms with Crippen LogP contribution in [0.4, 0.5) is 0 Å². The molecular formula is C24H31N7O8S2. The predicted molar refractivity (Wildman–Crippen MR) is 145 cm³/mol. The Labute approximate surface area is 243 Å². The van der Waals surface area contributed by atoms with E-state index in [9.17, 15) is 34.2 Å². The van der Waals surface area contributed by atoms with Gasteiger partial charge in [0.05, 0.1) is 6.04 Å². The van der Waals surface area contributed by atoms with E-state index in [1.54, 1.807) is 7.05 Å². The lowest BCUT2D eigenvalue weighted by molar-refractivity contribution is -0.192. The first-order valence-electron chi connectivity index (χ1n) is 12.8. The van der Waals surface area contributed by atoms with Gasteiger partial charge in [-0.2, -0.15) is 0 Å². The van der Waals surface area contributed by atoms with E-state index in [-0.39, 0.29) is 53.7 Å². The number of tetrazole rings is 1. The summed E-state index contributed by atoms with van der Waals surface area (Å²) in [5.74, 6) is -3.39. The van der Waals surface area contributed by atoms with Crippen LogP contribution in [0.2, 0.25) is 0 Å². The summed E-state index contributed by atoms with van der Waals surface area (Å²) in [5, 5.41) is 36.3. The van der Waals surface area contributed by atoms with Crippen molar-refractivity contribution in [2.24, 2.45) is 13.0 Å². The van der Waals surface area contributed by atoms with Crippen molar-refractivity contribution >= 4 is 53.0 Å². The van der Waals surface area contributed by atoms with E-state index in [1.807, 2.05) is 13.8 Å². The standard InChI is InChI=1S/C24H31N7O8S2/c1-11(2)8-13-18(34)16(19(35)25-13)14(32)6-5-7-15(33)26-24(39-4)21(38)31-17(20(36)37)12(9-40-22(24)31)10-41-23-27-28-29-30(23)3/h11,13,22,34H,5-10H2,1-4H3,(H,25,35)(H,26,33)(H,36,37)/t13-,22-,24+/m1/s1. The first-order chi connectivity index (χ1) is 19.4. The predicted octanol–water partition coefficient (Wildman–Crippen LogP) is 0.111. The topological polar surface area (TPSA) is 206 Å². The number of carbonyl (C=O) groups is 5. The van der Waals surface area contributed by atoms with Crippen molar-refractivity contribution in [2.75, 3.05) is 18.6 Å². The van der Waals surface area contributed by atoms with E-state index in [4.69, 9.17) is 4.74 Å². The molecule has 1 fully saturated rings. The fraction of sp³-hybridized carbons (Fsp3) is 0.583. The molecule has 0 radical (unpaired) electrons. The number of hydrogen-bond donors (Lipinski definition) is 4. The van der Waals surface area contributed by atoms with Gasteiger partial charge in [-0.25, -0.2) is 9.48 Å². The third-order valence-corrected chi connectivity index (χ3v) is 9.30. The average Bonchev–Trinajstić information content (AvgIpc) is 3.45. The Morgan fingerprint density at radius 1 is 1.29 bits per heavy atom. The average molecular weight is 610 g/mol. The second-order valence-electron chi connectivity index (χ2n) is 10.2. The van der Waals surface area contributed by atoms with Gasteiger partial charge in [0.15, 0.2) is 5.78 Å². The fourth-order valence-corrected chi connectivity index (χ4v) is 7.28. The number of ketones is 1. The lowest BCUT2D eigenvalue weighted by Crippen LogP contribution is -2.80. The Bertz CT molecular complexity index is 1340. The lowest BCUT2D eigenvalue weighted by Gasteiger charge is -2.55. The normalized spacial score (nSPS) is 24.0. The quantitative estimate of drug-likeness (QED) is 0.102. The SMILES string of the molecule is CO[C@@]1(NC(=O)CCCC(=O)C2=C(O)[C@@H](CC(C)C)NC2=O)C(=O)N2C(C(=O)O)=C(CSc3nnnn3C)CS[C@@H]21. The number of aliphatic hydroxyl groups excluding tert-OH is 1. The maximum atomic E-state index is 13.3. The number of nitrogens with zero attached hydrogens (tertiary/aromatic N) is 5. The Balaban J connectivity index is 1.37. The van der Waals surface area contributed by atoms with Gasteiger partial charge in [0.1, 0.15) is 22.4 Å². The number of aryl methyl sites for hydroxylation is 1. The molecule has 3 atom stereocenters. The Morgan fingerprint density at radius 2 is 2.02 bits per heavy atom. The van der Waals surface area contributed by atoms with Crippen LogP contribution in [-0.4, -0.2) is 101 Å². The maximum absolute atomic E-state index is 13.3. The molecule has 1 saturated heterocycles. The van der Waals surface area contributed by atoms with Crippen molar-refractivity contribution in [3.63, 3.8) is 0 Å². The minimum atomic E-state index is -1.77. The monoisotopic (exact) mass is 609 g/mol. The number of aliphatic carboxylic acids is 1. The van der Waals surface area contributed by atoms with E-state index < -0.39 is 46.6 Å². The van der Waals surface area contributed by atoms with Crippen LogP contribution in [0.25, 0.3) is 0 Å². The molecule has 0 aromatic carbocycles. The van der Waals surface area contributed by atoms with Crippen molar-refractivity contribution in [1.29, 1.82) is 0 Å². The van der Waals surface area contributed by atoms with E-state index in [1.165, 1.54) is 35.3 Å². The first-order valence-corrected chi connectivity index (χ1v) is 14.8. The molecular weight excluding hydrogens is 578 g/mol. The number of methoxy groups -OCH3 is 1. The molecule has 222 valence electrons. The number of hydrogen-bond acceptors (Lipinski definition) is 12. The summed E-state index contributed by atoms with van der Waals surface area (Å²) in [4.78, 5) is 64.2. The molecule has 1 aromatic rings. The molecule has 3 amide bonds. The zero-order valence-electron chi connectivity index (χ0n) is 22.9. The van der Waals surface area contributed by atoms with Gasteiger partial charge in [-0.3, -0.25) is 24.1 Å². The lowest BCUT2D eigenvalue weighted by atomic mass is 9.97. The summed E-state index contributed by atoms with van der Waals surface area (Å²) >= 11 is 2.48. The number of β-lactam (4-membered cyclic amide) rings is 1. The summed E-state index contributed by atoms with van der Waals surface area (Å²) in [5.41, 5.74) is -1.73. The van der Waals surface area contributed by atoms with Gasteiger partial charge in [-0.1, -0.05) is 25.6 Å². The van der Waals surface area contributed by atoms with Gasteiger partial charge in [-0.15, -0.1) is 16.9 Å². The van der Waals surface area contributed by atoms with Crippen LogP contribution in [-0.2, 0) is 35.8 Å². The summed E-state index contributed by atoms with van der Waals surface area (Å²) in [6, 6.07) is -0.612. The molecule has 41 heavy (non-hydrogen) atoms. The fourth-order valence-electron chi connectivity index (χ4n) is 4.85. The molecule has 3 aliphatic rings. The highest BCUT2D eigenvalue weighted by Gasteiger charge is 2.66. The van der Waals surface area contributed by atoms with Crippen LogP contribution in [0.15, 0.2) is 27.8 Å². The van der Waals surface area contributed by atoms with Crippen LogP contribution in [0.5, 0.6) is 0 Å². The van der Waals surface area contributed by atoms with Gasteiger partial charge in [0, 0.05) is 38.5 Å². The molecule has 0 bridgehead atoms. The Kier molecular flexibility index (Phi) is 9.08. The number of rotatable bonds is 13. The van der Waals surface area contributed by atoms with Gasteiger partial charge >= 0.3 is 5.97 Å². The Morgan fingerprint density at radius 3 is 2.63 bits per heavy atom. The van der Waals surface area contributed by atoms with Crippen molar-refractivity contribution in [1.82, 2.24) is 35.7 Å². The molecule has 0 aliphatic carbocycles. The number of thioether (sulfide) groups is 2. The minimum absolute atomic E-state index is 0.0532. The van der Waals surface area contributed by atoms with E-state index in [2.05, 4.69) is 26.2 Å². The minimum Gasteiger partial charge on any atom is -0.509 e. The van der Waals surface area contributed by atoms with Crippen molar-refractivity contribution in [3.8, 4) is 0 Å². The second-order valence-corrected chi connectivity index (χ2v) is 12.2. The number of carboxylic acids is 1. The highest BCUT2D eigenvalue weighted by molar-refractivity contribution is 8.01. The summed E-state index contributed by atoms with van der Waals surface area (Å²) in [6.45, 7) is 3.86. The molecule has 0 spiro atoms. The smallest absolute Gasteiger partial charge is 0.352 e. The van der Waals surface area contributed by atoms with Crippen LogP contribution in [0.3, 0.4) is 0 Å². The second kappa shape index (κ2) is 12.2. The van der Waals surface area contributed by atoms with Crippen LogP contribution in [0, 0.1) is 5.92 Å². The third kappa shape index (κ3) is 5.83. The molecule has 4 N–H and O–H groups in total. The highest BCUT2D eigenvalue weighted by Crippen LogP contribution is 2.47. The number of Topliss-reactive ketones (excluding diaryl/α,β-unsaturated/α-hetero) is 1. The Hall–Kier alpha value is -3.44. The molecule has 3 aliphatic heterocycles. The summed E-state index contributed by atoms with van der Waals surface area (Å²) < 4.78 is 6.90.